The van der Waals surface area contributed by atoms with E-state index in [0.717, 1.165) is 46.9 Å². The highest BCUT2D eigenvalue weighted by Gasteiger charge is 2.31. The topological polar surface area (TPSA) is 50.3 Å². The molecule has 1 aliphatic carbocycles. The lowest BCUT2D eigenvalue weighted by molar-refractivity contribution is -0.274. The van der Waals surface area contributed by atoms with E-state index in [1.807, 2.05) is 24.3 Å². The van der Waals surface area contributed by atoms with Gasteiger partial charge in [-0.2, -0.15) is 0 Å². The number of fused-ring (bicyclic) bond motifs is 1. The third kappa shape index (κ3) is 4.93. The number of hydrogen-bond donors (Lipinski definition) is 1. The van der Waals surface area contributed by atoms with Crippen LogP contribution in [0.5, 0.6) is 5.75 Å². The minimum absolute atomic E-state index is 0.281. The van der Waals surface area contributed by atoms with Crippen molar-refractivity contribution in [2.75, 3.05) is 0 Å². The predicted octanol–water partition coefficient (Wildman–Crippen LogP) is 4.49. The number of benzene rings is 1. The van der Waals surface area contributed by atoms with Crippen molar-refractivity contribution in [2.45, 2.75) is 25.6 Å². The van der Waals surface area contributed by atoms with Gasteiger partial charge in [-0.15, -0.1) is 13.2 Å². The smallest absolute Gasteiger partial charge is 0.406 e. The molecule has 4 rings (SSSR count). The van der Waals surface area contributed by atoms with Crippen LogP contribution in [0.25, 0.3) is 23.5 Å². The molecule has 1 aromatic carbocycles. The first-order valence-electron chi connectivity index (χ1n) is 9.22. The highest BCUT2D eigenvalue weighted by atomic mass is 19.4. The van der Waals surface area contributed by atoms with Crippen molar-refractivity contribution in [3.63, 3.8) is 0 Å². The molecule has 0 amide bonds. The van der Waals surface area contributed by atoms with E-state index in [-0.39, 0.29) is 5.75 Å². The molecular weight excluding hydrogens is 379 g/mol. The second-order valence-electron chi connectivity index (χ2n) is 6.66. The first-order chi connectivity index (χ1) is 14.0. The van der Waals surface area contributed by atoms with Crippen molar-refractivity contribution in [3.8, 4) is 17.1 Å². The minimum Gasteiger partial charge on any atom is -0.406 e. The van der Waals surface area contributed by atoms with E-state index >= 15 is 0 Å². The number of alkyl halides is 3. The molecule has 0 unspecified atom stereocenters. The molecule has 3 aromatic rings. The summed E-state index contributed by atoms with van der Waals surface area (Å²) < 4.78 is 41.4. The van der Waals surface area contributed by atoms with Crippen molar-refractivity contribution < 1.29 is 17.9 Å². The molecule has 2 aromatic heterocycles. The summed E-state index contributed by atoms with van der Waals surface area (Å²) in [6.07, 6.45) is 3.63. The minimum atomic E-state index is -4.73. The van der Waals surface area contributed by atoms with Crippen LogP contribution >= 0.6 is 0 Å². The highest BCUT2D eigenvalue weighted by molar-refractivity contribution is 6.11. The lowest BCUT2D eigenvalue weighted by atomic mass is 10.1. The van der Waals surface area contributed by atoms with Crippen LogP contribution in [-0.4, -0.2) is 22.0 Å². The van der Waals surface area contributed by atoms with Crippen molar-refractivity contribution in [1.82, 2.24) is 9.97 Å². The van der Waals surface area contributed by atoms with Crippen LogP contribution in [0.1, 0.15) is 19.3 Å². The molecule has 0 radical (unpaired) electrons. The molecule has 148 valence electrons. The summed E-state index contributed by atoms with van der Waals surface area (Å²) in [7, 11) is 0. The molecule has 0 atom stereocenters. The van der Waals surface area contributed by atoms with Crippen LogP contribution in [0, 0.1) is 0 Å². The summed E-state index contributed by atoms with van der Waals surface area (Å²) in [6, 6.07) is 13.5. The maximum absolute atomic E-state index is 12.5. The van der Waals surface area contributed by atoms with Gasteiger partial charge in [-0.25, -0.2) is 0 Å². The number of aromatic amines is 1. The number of aliphatic imine (C=N–C) groups is 1. The van der Waals surface area contributed by atoms with E-state index in [4.69, 9.17) is 0 Å². The van der Waals surface area contributed by atoms with Crippen molar-refractivity contribution >= 4 is 23.6 Å². The Morgan fingerprint density at radius 2 is 1.97 bits per heavy atom. The third-order valence-electron chi connectivity index (χ3n) is 4.46. The van der Waals surface area contributed by atoms with Gasteiger partial charge in [0.15, 0.2) is 0 Å². The molecule has 0 fully saturated rings. The van der Waals surface area contributed by atoms with Crippen LogP contribution in [0.4, 0.5) is 18.9 Å². The highest BCUT2D eigenvalue weighted by Crippen LogP contribution is 2.26. The Kier molecular flexibility index (Phi) is 5.20. The lowest BCUT2D eigenvalue weighted by Crippen LogP contribution is -2.24. The van der Waals surface area contributed by atoms with E-state index in [1.165, 1.54) is 18.2 Å². The van der Waals surface area contributed by atoms with Gasteiger partial charge in [-0.05, 0) is 60.9 Å². The first-order valence-corrected chi connectivity index (χ1v) is 9.22. The summed E-state index contributed by atoms with van der Waals surface area (Å²) in [6.45, 7) is 0. The van der Waals surface area contributed by atoms with Gasteiger partial charge in [0.2, 0.25) is 0 Å². The Balaban J connectivity index is 1.71. The molecular formula is C22H18F3N3O. The molecule has 4 nitrogen and oxygen atoms in total. The predicted molar refractivity (Wildman–Crippen MR) is 106 cm³/mol. The molecule has 0 saturated carbocycles. The molecule has 0 spiro atoms. The average molecular weight is 397 g/mol. The SMILES string of the molecule is FC(F)(F)Oc1cccc(N=C2C=c3[nH]c(-c4ccccn4)c/c3=C/CCC2)c1. The van der Waals surface area contributed by atoms with Crippen molar-refractivity contribution in [1.29, 1.82) is 0 Å². The summed E-state index contributed by atoms with van der Waals surface area (Å²) in [5.74, 6) is -0.281. The molecule has 0 bridgehead atoms. The van der Waals surface area contributed by atoms with Crippen molar-refractivity contribution in [3.05, 3.63) is 65.3 Å². The molecule has 2 heterocycles. The van der Waals surface area contributed by atoms with E-state index in [1.54, 1.807) is 12.3 Å². The molecule has 1 N–H and O–H groups in total. The van der Waals surface area contributed by atoms with Crippen LogP contribution in [0.3, 0.4) is 0 Å². The summed E-state index contributed by atoms with van der Waals surface area (Å²) in [5.41, 5.74) is 2.96. The fraction of sp³-hybridized carbons (Fsp3) is 0.182. The summed E-state index contributed by atoms with van der Waals surface area (Å²) in [4.78, 5) is 12.3. The zero-order valence-corrected chi connectivity index (χ0v) is 15.4. The van der Waals surface area contributed by atoms with Crippen LogP contribution in [0.2, 0.25) is 0 Å². The van der Waals surface area contributed by atoms with Crippen molar-refractivity contribution in [2.24, 2.45) is 4.99 Å². The number of halogens is 3. The van der Waals surface area contributed by atoms with E-state index in [2.05, 4.69) is 31.8 Å². The number of rotatable bonds is 3. The lowest BCUT2D eigenvalue weighted by Gasteiger charge is -2.09. The second-order valence-corrected chi connectivity index (χ2v) is 6.66. The fourth-order valence-corrected chi connectivity index (χ4v) is 3.22. The van der Waals surface area contributed by atoms with Gasteiger partial charge >= 0.3 is 6.36 Å². The normalized spacial score (nSPS) is 16.8. The summed E-state index contributed by atoms with van der Waals surface area (Å²) >= 11 is 0. The maximum Gasteiger partial charge on any atom is 0.573 e. The molecule has 7 heteroatoms. The zero-order chi connectivity index (χ0) is 20.3. The largest absolute Gasteiger partial charge is 0.573 e. The molecule has 0 aliphatic heterocycles. The Labute approximate surface area is 165 Å². The van der Waals surface area contributed by atoms with Gasteiger partial charge in [0.25, 0.3) is 0 Å². The second kappa shape index (κ2) is 7.95. The monoisotopic (exact) mass is 397 g/mol. The number of nitrogens with zero attached hydrogens (tertiary/aromatic N) is 2. The third-order valence-corrected chi connectivity index (χ3v) is 4.46. The van der Waals surface area contributed by atoms with E-state index < -0.39 is 6.36 Å². The number of pyridine rings is 1. The van der Waals surface area contributed by atoms with Gasteiger partial charge < -0.3 is 9.72 Å². The van der Waals surface area contributed by atoms with Gasteiger partial charge in [0.1, 0.15) is 5.75 Å². The summed E-state index contributed by atoms with van der Waals surface area (Å²) in [5, 5.41) is 1.97. The number of H-pyrrole nitrogens is 1. The van der Waals surface area contributed by atoms with Gasteiger partial charge in [0.05, 0.1) is 17.1 Å². The Morgan fingerprint density at radius 3 is 2.76 bits per heavy atom. The van der Waals surface area contributed by atoms with Crippen LogP contribution in [-0.2, 0) is 0 Å². The van der Waals surface area contributed by atoms with E-state index in [0.29, 0.717) is 5.69 Å². The Hall–Kier alpha value is -3.35. The number of nitrogens with one attached hydrogen (secondary N) is 1. The Morgan fingerprint density at radius 1 is 1.07 bits per heavy atom. The first kappa shape index (κ1) is 19.0. The fourth-order valence-electron chi connectivity index (χ4n) is 3.22. The maximum atomic E-state index is 12.5. The van der Waals surface area contributed by atoms with Gasteiger partial charge in [0, 0.05) is 23.3 Å². The molecule has 1 aliphatic rings. The number of ether oxygens (including phenoxy) is 1. The van der Waals surface area contributed by atoms with Crippen LogP contribution < -0.4 is 15.3 Å². The molecule has 0 saturated heterocycles. The quantitative estimate of drug-likeness (QED) is 0.708. The number of aromatic nitrogens is 2. The Bertz CT molecular complexity index is 1150. The van der Waals surface area contributed by atoms with Gasteiger partial charge in [-0.3, -0.25) is 9.98 Å². The number of hydrogen-bond acceptors (Lipinski definition) is 3. The average Bonchev–Trinajstić information content (AvgIpc) is 3.05. The molecule has 29 heavy (non-hydrogen) atoms. The zero-order valence-electron chi connectivity index (χ0n) is 15.4. The standard InChI is InChI=1S/C22H18F3N3O/c23-22(24,25)29-18-9-5-8-16(13-18)27-17-7-2-1-6-15-12-21(28-20(15)14-17)19-10-3-4-11-26-19/h3-6,8-14,28H,1-2,7H2/b15-6-,20-14?,27-17?. The van der Waals surface area contributed by atoms with Crippen LogP contribution in [0.15, 0.2) is 59.7 Å². The van der Waals surface area contributed by atoms with Gasteiger partial charge in [-0.1, -0.05) is 18.2 Å². The van der Waals surface area contributed by atoms with E-state index in [9.17, 15) is 13.2 Å².